The van der Waals surface area contributed by atoms with Crippen molar-refractivity contribution in [1.29, 1.82) is 0 Å². The number of likely N-dealkylation sites (tertiary alicyclic amines) is 1. The summed E-state index contributed by atoms with van der Waals surface area (Å²) in [6.45, 7) is 2.79. The molecule has 0 bridgehead atoms. The molecule has 2 heterocycles. The molecule has 5 nitrogen and oxygen atoms in total. The van der Waals surface area contributed by atoms with E-state index in [-0.39, 0.29) is 24.7 Å². The zero-order valence-corrected chi connectivity index (χ0v) is 16.8. The molecule has 2 aliphatic rings. The molecular formula is C20H25Cl2N3O2. The predicted molar refractivity (Wildman–Crippen MR) is 108 cm³/mol. The number of rotatable bonds is 6. The van der Waals surface area contributed by atoms with Crippen LogP contribution in [0.2, 0.25) is 5.02 Å². The Kier molecular flexibility index (Phi) is 6.79. The Labute approximate surface area is 170 Å². The normalized spacial score (nSPS) is 17.6. The predicted octanol–water partition coefficient (Wildman–Crippen LogP) is 3.95. The van der Waals surface area contributed by atoms with Crippen molar-refractivity contribution < 1.29 is 9.21 Å². The molecule has 2 aromatic rings. The summed E-state index contributed by atoms with van der Waals surface area (Å²) in [5, 5.41) is 4.32. The van der Waals surface area contributed by atoms with E-state index in [0.717, 1.165) is 44.0 Å². The number of nitrogens with one attached hydrogen (secondary N) is 1. The van der Waals surface area contributed by atoms with Crippen LogP contribution in [0.1, 0.15) is 31.4 Å². The summed E-state index contributed by atoms with van der Waals surface area (Å²) in [7, 11) is 0. The van der Waals surface area contributed by atoms with Crippen LogP contribution in [0.3, 0.4) is 0 Å². The van der Waals surface area contributed by atoms with Gasteiger partial charge >= 0.3 is 0 Å². The molecule has 1 aliphatic heterocycles. The second-order valence-corrected chi connectivity index (χ2v) is 7.77. The highest BCUT2D eigenvalue weighted by Gasteiger charge is 2.26. The lowest BCUT2D eigenvalue weighted by Gasteiger charge is -2.32. The summed E-state index contributed by atoms with van der Waals surface area (Å²) in [5.74, 6) is 1.55. The van der Waals surface area contributed by atoms with Crippen LogP contribution in [0.15, 0.2) is 34.9 Å². The second kappa shape index (κ2) is 9.09. The van der Waals surface area contributed by atoms with Crippen LogP contribution in [0.5, 0.6) is 0 Å². The Balaban J connectivity index is 0.00000210. The van der Waals surface area contributed by atoms with Gasteiger partial charge in [-0.2, -0.15) is 0 Å². The van der Waals surface area contributed by atoms with Gasteiger partial charge in [0.25, 0.3) is 0 Å². The van der Waals surface area contributed by atoms with Crippen LogP contribution in [0.25, 0.3) is 11.5 Å². The lowest BCUT2D eigenvalue weighted by atomic mass is 10.0. The summed E-state index contributed by atoms with van der Waals surface area (Å²) < 4.78 is 5.52. The van der Waals surface area contributed by atoms with Gasteiger partial charge in [-0.05, 0) is 62.4 Å². The van der Waals surface area contributed by atoms with Crippen molar-refractivity contribution in [2.45, 2.75) is 38.1 Å². The maximum Gasteiger partial charge on any atom is 0.228 e. The molecule has 2 fully saturated rings. The molecule has 0 atom stereocenters. The van der Waals surface area contributed by atoms with E-state index in [1.807, 2.05) is 17.0 Å². The van der Waals surface area contributed by atoms with Crippen LogP contribution in [0, 0.1) is 5.92 Å². The Morgan fingerprint density at radius 3 is 2.56 bits per heavy atom. The zero-order valence-electron chi connectivity index (χ0n) is 15.2. The first-order valence-electron chi connectivity index (χ1n) is 9.39. The minimum absolute atomic E-state index is 0. The molecule has 1 aromatic carbocycles. The maximum atomic E-state index is 12.5. The number of amides is 1. The monoisotopic (exact) mass is 409 g/mol. The van der Waals surface area contributed by atoms with Gasteiger partial charge in [-0.1, -0.05) is 11.6 Å². The molecule has 0 unspecified atom stereocenters. The van der Waals surface area contributed by atoms with Crippen LogP contribution < -0.4 is 5.32 Å². The lowest BCUT2D eigenvalue weighted by Crippen LogP contribution is -2.45. The quantitative estimate of drug-likeness (QED) is 0.784. The zero-order chi connectivity index (χ0) is 17.9. The second-order valence-electron chi connectivity index (χ2n) is 7.33. The van der Waals surface area contributed by atoms with E-state index in [9.17, 15) is 4.79 Å². The van der Waals surface area contributed by atoms with Gasteiger partial charge in [0.15, 0.2) is 0 Å². The number of halogens is 2. The first kappa shape index (κ1) is 20.2. The minimum atomic E-state index is 0. The van der Waals surface area contributed by atoms with Crippen molar-refractivity contribution in [1.82, 2.24) is 15.2 Å². The highest BCUT2D eigenvalue weighted by Crippen LogP contribution is 2.28. The number of hydrogen-bond acceptors (Lipinski definition) is 4. The summed E-state index contributed by atoms with van der Waals surface area (Å²) in [6, 6.07) is 7.88. The number of hydrogen-bond donors (Lipinski definition) is 1. The van der Waals surface area contributed by atoms with Crippen LogP contribution in [-0.2, 0) is 11.2 Å². The maximum absolute atomic E-state index is 12.5. The van der Waals surface area contributed by atoms with E-state index in [4.69, 9.17) is 16.0 Å². The topological polar surface area (TPSA) is 58.4 Å². The van der Waals surface area contributed by atoms with Crippen molar-refractivity contribution in [3.05, 3.63) is 41.2 Å². The van der Waals surface area contributed by atoms with Gasteiger partial charge in [0.05, 0.1) is 12.1 Å². The first-order valence-corrected chi connectivity index (χ1v) is 9.76. The Morgan fingerprint density at radius 1 is 1.19 bits per heavy atom. The van der Waals surface area contributed by atoms with Gasteiger partial charge in [0.2, 0.25) is 11.8 Å². The average molecular weight is 410 g/mol. The van der Waals surface area contributed by atoms with Crippen molar-refractivity contribution >= 4 is 29.9 Å². The highest BCUT2D eigenvalue weighted by atomic mass is 35.5. The summed E-state index contributed by atoms with van der Waals surface area (Å²) in [6.07, 6.45) is 6.68. The average Bonchev–Trinajstić information content (AvgIpc) is 3.38. The van der Waals surface area contributed by atoms with E-state index in [1.165, 1.54) is 12.8 Å². The standard InChI is InChI=1S/C20H24ClN3O2.ClH/c21-16-5-3-15(4-6-16)20-23-18(13-26-20)11-19(25)24-9-7-17(8-10-24)22-12-14-1-2-14;/h3-6,13-14,17,22H,1-2,7-12H2;1H. The molecule has 1 N–H and O–H groups in total. The molecule has 1 aromatic heterocycles. The molecule has 0 spiro atoms. The Morgan fingerprint density at radius 2 is 1.89 bits per heavy atom. The van der Waals surface area contributed by atoms with Crippen molar-refractivity contribution in [3.8, 4) is 11.5 Å². The number of nitrogens with zero attached hydrogens (tertiary/aromatic N) is 2. The van der Waals surface area contributed by atoms with Crippen molar-refractivity contribution in [2.24, 2.45) is 5.92 Å². The summed E-state index contributed by atoms with van der Waals surface area (Å²) in [5.41, 5.74) is 1.53. The van der Waals surface area contributed by atoms with E-state index >= 15 is 0 Å². The Hall–Kier alpha value is -1.56. The minimum Gasteiger partial charge on any atom is -0.444 e. The van der Waals surface area contributed by atoms with Crippen LogP contribution >= 0.6 is 24.0 Å². The van der Waals surface area contributed by atoms with Crippen LogP contribution in [-0.4, -0.2) is 41.5 Å². The molecule has 27 heavy (non-hydrogen) atoms. The molecule has 7 heteroatoms. The van der Waals surface area contributed by atoms with Gasteiger partial charge in [0.1, 0.15) is 6.26 Å². The number of carbonyl (C=O) groups is 1. The molecular weight excluding hydrogens is 385 g/mol. The number of carbonyl (C=O) groups excluding carboxylic acids is 1. The van der Waals surface area contributed by atoms with E-state index in [0.29, 0.717) is 22.6 Å². The fraction of sp³-hybridized carbons (Fsp3) is 0.500. The molecule has 0 radical (unpaired) electrons. The highest BCUT2D eigenvalue weighted by molar-refractivity contribution is 6.30. The first-order chi connectivity index (χ1) is 12.7. The third kappa shape index (κ3) is 5.47. The van der Waals surface area contributed by atoms with Crippen LogP contribution in [0.4, 0.5) is 0 Å². The fourth-order valence-corrected chi connectivity index (χ4v) is 3.49. The van der Waals surface area contributed by atoms with Gasteiger partial charge in [-0.3, -0.25) is 4.79 Å². The molecule has 1 amide bonds. The van der Waals surface area contributed by atoms with Gasteiger partial charge in [-0.25, -0.2) is 4.98 Å². The van der Waals surface area contributed by atoms with E-state index < -0.39 is 0 Å². The van der Waals surface area contributed by atoms with E-state index in [1.54, 1.807) is 18.4 Å². The Bertz CT molecular complexity index is 751. The fourth-order valence-electron chi connectivity index (χ4n) is 3.37. The summed E-state index contributed by atoms with van der Waals surface area (Å²) >= 11 is 5.90. The smallest absolute Gasteiger partial charge is 0.228 e. The number of aromatic nitrogens is 1. The SMILES string of the molecule is Cl.O=C(Cc1coc(-c2ccc(Cl)cc2)n1)N1CCC(NCC2CC2)CC1. The molecule has 146 valence electrons. The lowest BCUT2D eigenvalue weighted by molar-refractivity contribution is -0.131. The largest absolute Gasteiger partial charge is 0.444 e. The third-order valence-electron chi connectivity index (χ3n) is 5.22. The molecule has 4 rings (SSSR count). The van der Waals surface area contributed by atoms with Gasteiger partial charge in [0, 0.05) is 29.7 Å². The van der Waals surface area contributed by atoms with Crippen molar-refractivity contribution in [2.75, 3.05) is 19.6 Å². The molecule has 1 aliphatic carbocycles. The van der Waals surface area contributed by atoms with Gasteiger partial charge < -0.3 is 14.6 Å². The molecule has 1 saturated carbocycles. The number of piperidine rings is 1. The van der Waals surface area contributed by atoms with Crippen molar-refractivity contribution in [3.63, 3.8) is 0 Å². The van der Waals surface area contributed by atoms with E-state index in [2.05, 4.69) is 10.3 Å². The number of benzene rings is 1. The third-order valence-corrected chi connectivity index (χ3v) is 5.47. The van der Waals surface area contributed by atoms with Gasteiger partial charge in [-0.15, -0.1) is 12.4 Å². The summed E-state index contributed by atoms with van der Waals surface area (Å²) in [4.78, 5) is 18.9. The number of oxazole rings is 1. The molecule has 1 saturated heterocycles.